The summed E-state index contributed by atoms with van der Waals surface area (Å²) in [5.41, 5.74) is 7.62. The van der Waals surface area contributed by atoms with Crippen molar-refractivity contribution in [3.8, 4) is 0 Å². The first-order chi connectivity index (χ1) is 8.09. The van der Waals surface area contributed by atoms with Crippen molar-refractivity contribution in [3.63, 3.8) is 0 Å². The zero-order valence-corrected chi connectivity index (χ0v) is 8.40. The summed E-state index contributed by atoms with van der Waals surface area (Å²) in [6, 6.07) is 0. The van der Waals surface area contributed by atoms with Crippen LogP contribution in [-0.4, -0.2) is 35.9 Å². The molecule has 0 spiro atoms. The van der Waals surface area contributed by atoms with E-state index in [1.807, 2.05) is 0 Å². The molecule has 0 heterocycles. The Morgan fingerprint density at radius 3 is 1.37 bits per heavy atom. The van der Waals surface area contributed by atoms with Crippen LogP contribution < -0.4 is 11.5 Å². The van der Waals surface area contributed by atoms with Crippen LogP contribution in [0.25, 0.3) is 0 Å². The third-order valence-corrected chi connectivity index (χ3v) is 1.63. The number of hydrogen-bond acceptors (Lipinski definition) is 3. The van der Waals surface area contributed by atoms with E-state index in [9.17, 15) is 44.7 Å². The van der Waals surface area contributed by atoms with Gasteiger partial charge in [-0.1, -0.05) is 0 Å². The van der Waals surface area contributed by atoms with Crippen molar-refractivity contribution >= 4 is 11.8 Å². The van der Waals surface area contributed by atoms with Crippen molar-refractivity contribution in [1.82, 2.24) is 0 Å². The van der Waals surface area contributed by atoms with E-state index in [2.05, 4.69) is 16.2 Å². The Morgan fingerprint density at radius 1 is 0.789 bits per heavy atom. The summed E-state index contributed by atoms with van der Waals surface area (Å²) in [6.45, 7) is 0. The van der Waals surface area contributed by atoms with Gasteiger partial charge in [-0.3, -0.25) is 14.3 Å². The van der Waals surface area contributed by atoms with Crippen molar-refractivity contribution in [3.05, 3.63) is 0 Å². The molecule has 112 valence electrons. The van der Waals surface area contributed by atoms with E-state index < -0.39 is 35.9 Å². The molecule has 4 N–H and O–H groups in total. The lowest BCUT2D eigenvalue weighted by atomic mass is 10.2. The van der Waals surface area contributed by atoms with E-state index in [0.29, 0.717) is 0 Å². The predicted octanol–water partition coefficient (Wildman–Crippen LogP) is 0.430. The Hall–Kier alpha value is -1.66. The van der Waals surface area contributed by atoms with Gasteiger partial charge in [0.2, 0.25) is 0 Å². The van der Waals surface area contributed by atoms with Gasteiger partial charge in [0.15, 0.2) is 0 Å². The Morgan fingerprint density at radius 2 is 1.16 bits per heavy atom. The largest absolute Gasteiger partial charge is 0.458 e. The van der Waals surface area contributed by atoms with Gasteiger partial charge in [0, 0.05) is 0 Å². The fraction of sp³-hybridized carbons (Fsp3) is 0.667. The number of halogens is 8. The minimum absolute atomic E-state index is 2.13. The lowest BCUT2D eigenvalue weighted by Crippen LogP contribution is -2.62. The second-order valence-corrected chi connectivity index (χ2v) is 3.01. The fourth-order valence-corrected chi connectivity index (χ4v) is 0.632. The van der Waals surface area contributed by atoms with Gasteiger partial charge in [0.25, 0.3) is 11.8 Å². The van der Waals surface area contributed by atoms with Crippen LogP contribution in [0.4, 0.5) is 35.1 Å². The highest BCUT2D eigenvalue weighted by Gasteiger charge is 2.73. The number of nitrogens with two attached hydrogens (primary N) is 2. The van der Waals surface area contributed by atoms with E-state index in [1.54, 1.807) is 0 Å². The Kier molecular flexibility index (Phi) is 4.08. The quantitative estimate of drug-likeness (QED) is 0.721. The molecule has 0 fully saturated rings. The Bertz CT molecular complexity index is 394. The van der Waals surface area contributed by atoms with Crippen LogP contribution in [0.15, 0.2) is 0 Å². The second-order valence-electron chi connectivity index (χ2n) is 3.01. The van der Waals surface area contributed by atoms with Gasteiger partial charge in [0.1, 0.15) is 0 Å². The van der Waals surface area contributed by atoms with Crippen molar-refractivity contribution in [2.45, 2.75) is 24.1 Å². The van der Waals surface area contributed by atoms with E-state index >= 15 is 0 Å². The summed E-state index contributed by atoms with van der Waals surface area (Å²) in [4.78, 5) is 20.1. The number of amides is 2. The summed E-state index contributed by atoms with van der Waals surface area (Å²) in [6.07, 6.45) is -12.9. The Balaban J connectivity index is 5.64. The summed E-state index contributed by atoms with van der Waals surface area (Å²) in [5.74, 6) is -18.2. The third-order valence-electron chi connectivity index (χ3n) is 1.63. The van der Waals surface area contributed by atoms with E-state index in [0.717, 1.165) is 0 Å². The van der Waals surface area contributed by atoms with Gasteiger partial charge in [-0.25, -0.2) is 0 Å². The molecule has 2 amide bonds. The van der Waals surface area contributed by atoms with Crippen molar-refractivity contribution in [1.29, 1.82) is 0 Å². The van der Waals surface area contributed by atoms with Gasteiger partial charge in [-0.15, -0.1) is 0 Å². The first-order valence-electron chi connectivity index (χ1n) is 3.91. The first-order valence-corrected chi connectivity index (χ1v) is 3.91. The maximum atomic E-state index is 12.9. The molecule has 0 aliphatic carbocycles. The molecule has 1 atom stereocenters. The topological polar surface area (TPSA) is 95.4 Å². The molecule has 19 heavy (non-hydrogen) atoms. The molecule has 0 rings (SSSR count). The van der Waals surface area contributed by atoms with E-state index in [4.69, 9.17) is 0 Å². The minimum atomic E-state index is -6.49. The molecule has 0 saturated heterocycles. The van der Waals surface area contributed by atoms with Crippen LogP contribution in [0.1, 0.15) is 0 Å². The summed E-state index contributed by atoms with van der Waals surface area (Å²) < 4.78 is 101. The lowest BCUT2D eigenvalue weighted by Gasteiger charge is -2.31. The average molecular weight is 304 g/mol. The van der Waals surface area contributed by atoms with Crippen molar-refractivity contribution in [2.24, 2.45) is 11.5 Å². The van der Waals surface area contributed by atoms with Crippen LogP contribution in [0.5, 0.6) is 0 Å². The van der Waals surface area contributed by atoms with Crippen molar-refractivity contribution in [2.75, 3.05) is 0 Å². The molecule has 0 unspecified atom stereocenters. The van der Waals surface area contributed by atoms with Crippen LogP contribution in [0, 0.1) is 0 Å². The number of carbonyl (C=O) groups excluding carboxylic acids is 2. The molecule has 0 aromatic heterocycles. The van der Waals surface area contributed by atoms with Crippen LogP contribution in [0.3, 0.4) is 0 Å². The van der Waals surface area contributed by atoms with Gasteiger partial charge in [0.05, 0.1) is 0 Å². The molecule has 0 aromatic rings. The maximum absolute atomic E-state index is 12.9. The summed E-state index contributed by atoms with van der Waals surface area (Å²) >= 11 is 0. The normalized spacial score (nSPS) is 16.8. The smallest absolute Gasteiger partial charge is 0.364 e. The summed E-state index contributed by atoms with van der Waals surface area (Å²) in [5, 5.41) is 0. The van der Waals surface area contributed by atoms with Crippen molar-refractivity contribution < 1.29 is 49.4 Å². The highest BCUT2D eigenvalue weighted by Crippen LogP contribution is 2.44. The van der Waals surface area contributed by atoms with E-state index in [1.165, 1.54) is 0 Å². The second kappa shape index (κ2) is 4.47. The highest BCUT2D eigenvalue weighted by atomic mass is 19.4. The maximum Gasteiger partial charge on any atom is 0.458 e. The zero-order valence-electron chi connectivity index (χ0n) is 8.40. The van der Waals surface area contributed by atoms with Gasteiger partial charge >= 0.3 is 24.1 Å². The Labute approximate surface area is 98.0 Å². The lowest BCUT2D eigenvalue weighted by molar-refractivity contribution is -0.427. The molecule has 13 heteroatoms. The molecule has 5 nitrogen and oxygen atoms in total. The highest BCUT2D eigenvalue weighted by molar-refractivity contribution is 5.84. The fourth-order valence-electron chi connectivity index (χ4n) is 0.632. The van der Waals surface area contributed by atoms with Gasteiger partial charge in [-0.05, 0) is 0 Å². The predicted molar refractivity (Wildman–Crippen MR) is 39.3 cm³/mol. The monoisotopic (exact) mass is 304 g/mol. The molecular formula is C6H4F8N2O3. The summed E-state index contributed by atoms with van der Waals surface area (Å²) in [7, 11) is 0. The molecule has 0 aliphatic rings. The molecule has 0 aromatic carbocycles. The standard InChI is InChI=1S/C6H4F8N2O3/c7-3(8,1(15)17)6(13,14)19-4(9,2(16)18)5(10,11)12/h(H2,15,17)(H2,16,18)/t4-/m0/s1. The van der Waals surface area contributed by atoms with Gasteiger partial charge < -0.3 is 11.5 Å². The number of rotatable bonds is 5. The number of ether oxygens (including phenoxy) is 1. The average Bonchev–Trinajstić information content (AvgIpc) is 2.13. The number of alkyl halides is 8. The van der Waals surface area contributed by atoms with Crippen LogP contribution in [-0.2, 0) is 14.3 Å². The number of hydrogen-bond donors (Lipinski definition) is 2. The first kappa shape index (κ1) is 17.3. The number of carbonyl (C=O) groups is 2. The molecule has 0 radical (unpaired) electrons. The SMILES string of the molecule is NC(=O)C(F)(F)C(F)(F)O[C@@](F)(C(N)=O)C(F)(F)F. The number of primary amides is 2. The minimum Gasteiger partial charge on any atom is -0.364 e. The van der Waals surface area contributed by atoms with Crippen LogP contribution >= 0.6 is 0 Å². The molecule has 0 bridgehead atoms. The van der Waals surface area contributed by atoms with Crippen LogP contribution in [0.2, 0.25) is 0 Å². The molecule has 0 aliphatic heterocycles. The molecular weight excluding hydrogens is 300 g/mol. The zero-order chi connectivity index (χ0) is 15.9. The van der Waals surface area contributed by atoms with E-state index in [-0.39, 0.29) is 0 Å². The third kappa shape index (κ3) is 2.85. The molecule has 0 saturated carbocycles. The van der Waals surface area contributed by atoms with Gasteiger partial charge in [-0.2, -0.15) is 35.1 Å².